The molecule has 0 radical (unpaired) electrons. The number of carbonyl (C=O) groups excluding carboxylic acids is 2. The lowest BCUT2D eigenvalue weighted by Gasteiger charge is -2.04. The van der Waals surface area contributed by atoms with Gasteiger partial charge in [0.25, 0.3) is 0 Å². The number of esters is 2. The Morgan fingerprint density at radius 1 is 0.844 bits per heavy atom. The Morgan fingerprint density at radius 2 is 1.50 bits per heavy atom. The Labute approximate surface area is 191 Å². The summed E-state index contributed by atoms with van der Waals surface area (Å²) in [6, 6.07) is 19.2. The van der Waals surface area contributed by atoms with Crippen LogP contribution in [-0.2, 0) is 32.3 Å². The highest BCUT2D eigenvalue weighted by molar-refractivity contribution is 5.69. The van der Waals surface area contributed by atoms with Crippen LogP contribution in [0.25, 0.3) is 0 Å². The maximum Gasteiger partial charge on any atom is 0.306 e. The fraction of sp³-hybridized carbons (Fsp3) is 0.462. The number of unbranched alkanes of at least 4 members (excludes halogenated alkanes) is 2. The zero-order valence-electron chi connectivity index (χ0n) is 18.8. The van der Waals surface area contributed by atoms with Crippen molar-refractivity contribution < 1.29 is 29.3 Å². The largest absolute Gasteiger partial charge is 0.466 e. The Hall–Kier alpha value is -2.70. The smallest absolute Gasteiger partial charge is 0.306 e. The molecule has 0 saturated carbocycles. The number of cyclic esters (lactones) is 1. The minimum atomic E-state index is -0.165. The molecule has 6 heteroatoms. The highest BCUT2D eigenvalue weighted by Gasteiger charge is 2.05. The van der Waals surface area contributed by atoms with Crippen molar-refractivity contribution in [3.8, 4) is 0 Å². The average molecular weight is 445 g/mol. The summed E-state index contributed by atoms with van der Waals surface area (Å²) in [6.07, 6.45) is 6.68. The van der Waals surface area contributed by atoms with E-state index in [2.05, 4.69) is 0 Å². The van der Waals surface area contributed by atoms with Crippen molar-refractivity contribution >= 4 is 11.9 Å². The summed E-state index contributed by atoms with van der Waals surface area (Å²) in [6.45, 7) is 1.32. The van der Waals surface area contributed by atoms with Gasteiger partial charge in [0.2, 0.25) is 0 Å². The number of aliphatic hydroxyl groups is 2. The molecule has 0 bridgehead atoms. The number of aliphatic hydroxyl groups excluding tert-OH is 2. The summed E-state index contributed by atoms with van der Waals surface area (Å²) in [5.41, 5.74) is 1.97. The molecule has 0 spiro atoms. The number of hydrogen-bond donors (Lipinski definition) is 2. The summed E-state index contributed by atoms with van der Waals surface area (Å²) < 4.78 is 9.87. The van der Waals surface area contributed by atoms with Crippen LogP contribution in [0.4, 0.5) is 0 Å². The van der Waals surface area contributed by atoms with E-state index in [1.807, 2.05) is 60.7 Å². The molecule has 0 atom stereocenters. The molecule has 32 heavy (non-hydrogen) atoms. The highest BCUT2D eigenvalue weighted by Crippen LogP contribution is 2.06. The molecule has 3 rings (SSSR count). The van der Waals surface area contributed by atoms with E-state index >= 15 is 0 Å². The second-order valence-corrected chi connectivity index (χ2v) is 7.36. The van der Waals surface area contributed by atoms with E-state index in [-0.39, 0.29) is 25.2 Å². The van der Waals surface area contributed by atoms with Crippen LogP contribution < -0.4 is 0 Å². The van der Waals surface area contributed by atoms with E-state index in [1.54, 1.807) is 0 Å². The first-order chi connectivity index (χ1) is 15.7. The van der Waals surface area contributed by atoms with Gasteiger partial charge in [-0.2, -0.15) is 0 Å². The summed E-state index contributed by atoms with van der Waals surface area (Å²) in [5.74, 6) is -0.190. The number of carbonyl (C=O) groups is 2. The van der Waals surface area contributed by atoms with Crippen LogP contribution in [-0.4, -0.2) is 35.4 Å². The molecule has 0 unspecified atom stereocenters. The van der Waals surface area contributed by atoms with Gasteiger partial charge in [0, 0.05) is 19.4 Å². The van der Waals surface area contributed by atoms with E-state index in [0.29, 0.717) is 26.1 Å². The van der Waals surface area contributed by atoms with Crippen LogP contribution in [0.1, 0.15) is 62.5 Å². The van der Waals surface area contributed by atoms with E-state index < -0.39 is 0 Å². The monoisotopic (exact) mass is 444 g/mol. The molecule has 1 fully saturated rings. The summed E-state index contributed by atoms with van der Waals surface area (Å²) in [5, 5.41) is 17.1. The van der Waals surface area contributed by atoms with E-state index in [0.717, 1.165) is 49.7 Å². The van der Waals surface area contributed by atoms with Crippen LogP contribution in [0.3, 0.4) is 0 Å². The lowest BCUT2D eigenvalue weighted by Crippen LogP contribution is -2.04. The minimum absolute atomic E-state index is 0.0255. The molecule has 1 heterocycles. The molecule has 6 nitrogen and oxygen atoms in total. The molecular formula is C26H36O6. The number of benzene rings is 2. The molecule has 0 aromatic heterocycles. The molecule has 2 N–H and O–H groups in total. The standard InChI is InChI=1S/C13H18O3.C7H8O.C6H10O2/c14-10-6-2-5-9-13(15)16-11-12-7-3-1-4-8-12;8-6-7-4-2-1-3-5-7;7-6-4-2-1-3-5-8-6/h1,3-4,7-8,14H,2,5-6,9-11H2;1-5,8H,6H2;1-5H2. The van der Waals surface area contributed by atoms with Crippen molar-refractivity contribution in [3.05, 3.63) is 71.8 Å². The molecule has 176 valence electrons. The minimum Gasteiger partial charge on any atom is -0.466 e. The molecule has 2 aromatic rings. The predicted octanol–water partition coefficient (Wildman–Crippen LogP) is 4.57. The van der Waals surface area contributed by atoms with Crippen molar-refractivity contribution in [2.75, 3.05) is 13.2 Å². The van der Waals surface area contributed by atoms with Gasteiger partial charge in [0.1, 0.15) is 6.61 Å². The van der Waals surface area contributed by atoms with Crippen molar-refractivity contribution in [1.82, 2.24) is 0 Å². The number of ether oxygens (including phenoxy) is 2. The Balaban J connectivity index is 0.000000267. The van der Waals surface area contributed by atoms with Gasteiger partial charge in [-0.25, -0.2) is 0 Å². The van der Waals surface area contributed by atoms with Crippen LogP contribution in [0.2, 0.25) is 0 Å². The van der Waals surface area contributed by atoms with Gasteiger partial charge in [-0.1, -0.05) is 67.1 Å². The first-order valence-corrected chi connectivity index (χ1v) is 11.3. The molecule has 2 aromatic carbocycles. The van der Waals surface area contributed by atoms with Gasteiger partial charge < -0.3 is 19.7 Å². The summed E-state index contributed by atoms with van der Waals surface area (Å²) >= 11 is 0. The normalized spacial score (nSPS) is 12.8. The van der Waals surface area contributed by atoms with Crippen molar-refractivity contribution in [2.45, 2.75) is 64.6 Å². The molecular weight excluding hydrogens is 408 g/mol. The van der Waals surface area contributed by atoms with Crippen molar-refractivity contribution in [2.24, 2.45) is 0 Å². The summed E-state index contributed by atoms with van der Waals surface area (Å²) in [4.78, 5) is 21.8. The topological polar surface area (TPSA) is 93.1 Å². The predicted molar refractivity (Wildman–Crippen MR) is 124 cm³/mol. The van der Waals surface area contributed by atoms with Crippen LogP contribution in [0, 0.1) is 0 Å². The molecule has 0 amide bonds. The van der Waals surface area contributed by atoms with Crippen molar-refractivity contribution in [1.29, 1.82) is 0 Å². The highest BCUT2D eigenvalue weighted by atomic mass is 16.5. The molecule has 1 aliphatic heterocycles. The lowest BCUT2D eigenvalue weighted by atomic mass is 10.2. The Bertz CT molecular complexity index is 708. The summed E-state index contributed by atoms with van der Waals surface area (Å²) in [7, 11) is 0. The lowest BCUT2D eigenvalue weighted by molar-refractivity contribution is -0.145. The van der Waals surface area contributed by atoms with Crippen molar-refractivity contribution in [3.63, 3.8) is 0 Å². The van der Waals surface area contributed by atoms with Gasteiger partial charge in [-0.05, 0) is 43.2 Å². The maximum atomic E-state index is 11.3. The zero-order chi connectivity index (χ0) is 23.3. The second-order valence-electron chi connectivity index (χ2n) is 7.36. The van der Waals surface area contributed by atoms with Crippen LogP contribution in [0.15, 0.2) is 60.7 Å². The molecule has 1 aliphatic rings. The van der Waals surface area contributed by atoms with E-state index in [4.69, 9.17) is 19.7 Å². The third-order valence-electron chi connectivity index (χ3n) is 4.60. The van der Waals surface area contributed by atoms with Gasteiger partial charge in [-0.3, -0.25) is 9.59 Å². The average Bonchev–Trinajstić information content (AvgIpc) is 3.10. The third kappa shape index (κ3) is 15.2. The Morgan fingerprint density at radius 3 is 2.09 bits per heavy atom. The van der Waals surface area contributed by atoms with E-state index in [1.165, 1.54) is 0 Å². The number of hydrogen-bond acceptors (Lipinski definition) is 6. The van der Waals surface area contributed by atoms with Crippen LogP contribution in [0.5, 0.6) is 0 Å². The quantitative estimate of drug-likeness (QED) is 0.458. The first-order valence-electron chi connectivity index (χ1n) is 11.3. The molecule has 1 saturated heterocycles. The second kappa shape index (κ2) is 19.0. The van der Waals surface area contributed by atoms with Crippen LogP contribution >= 0.6 is 0 Å². The third-order valence-corrected chi connectivity index (χ3v) is 4.60. The fourth-order valence-corrected chi connectivity index (χ4v) is 2.76. The van der Waals surface area contributed by atoms with Gasteiger partial charge in [0.15, 0.2) is 0 Å². The maximum absolute atomic E-state index is 11.3. The van der Waals surface area contributed by atoms with E-state index in [9.17, 15) is 9.59 Å². The first kappa shape index (κ1) is 27.3. The SMILES string of the molecule is O=C(CCCCCO)OCc1ccccc1.O=C1CCCCCO1.OCc1ccccc1. The fourth-order valence-electron chi connectivity index (χ4n) is 2.76. The van der Waals surface area contributed by atoms with Gasteiger partial charge >= 0.3 is 11.9 Å². The molecule has 0 aliphatic carbocycles. The number of rotatable bonds is 8. The van der Waals surface area contributed by atoms with Gasteiger partial charge in [0.05, 0.1) is 13.2 Å². The Kier molecular flexibility index (Phi) is 16.2. The zero-order valence-corrected chi connectivity index (χ0v) is 18.8. The van der Waals surface area contributed by atoms with Gasteiger partial charge in [-0.15, -0.1) is 0 Å².